The minimum absolute atomic E-state index is 0.0651. The highest BCUT2D eigenvalue weighted by atomic mass is 16.6. The third-order valence-corrected chi connectivity index (χ3v) is 6.31. The summed E-state index contributed by atoms with van der Waals surface area (Å²) in [5.41, 5.74) is 3.79. The van der Waals surface area contributed by atoms with Crippen LogP contribution in [0.25, 0.3) is 12.2 Å². The minimum atomic E-state index is -0.476. The van der Waals surface area contributed by atoms with Gasteiger partial charge in [0.15, 0.2) is 35.2 Å². The van der Waals surface area contributed by atoms with E-state index in [9.17, 15) is 5.11 Å². The van der Waals surface area contributed by atoms with Crippen molar-refractivity contribution in [2.75, 3.05) is 21.3 Å². The average Bonchev–Trinajstić information content (AvgIpc) is 2.96. The maximum atomic E-state index is 10.1. The summed E-state index contributed by atoms with van der Waals surface area (Å²) in [7, 11) is 4.81. The van der Waals surface area contributed by atoms with Gasteiger partial charge in [-0.1, -0.05) is 48.6 Å². The van der Waals surface area contributed by atoms with E-state index in [1.165, 1.54) is 7.11 Å². The second-order valence-electron chi connectivity index (χ2n) is 8.59. The van der Waals surface area contributed by atoms with E-state index in [1.54, 1.807) is 26.4 Å². The van der Waals surface area contributed by atoms with Crippen molar-refractivity contribution in [2.45, 2.75) is 12.2 Å². The Bertz CT molecular complexity index is 1390. The fourth-order valence-electron chi connectivity index (χ4n) is 4.27. The van der Waals surface area contributed by atoms with Gasteiger partial charge in [-0.05, 0) is 65.2 Å². The van der Waals surface area contributed by atoms with E-state index in [-0.39, 0.29) is 5.75 Å². The zero-order chi connectivity index (χ0) is 25.8. The van der Waals surface area contributed by atoms with Crippen LogP contribution in [0.15, 0.2) is 84.9 Å². The van der Waals surface area contributed by atoms with E-state index in [4.69, 9.17) is 23.7 Å². The Balaban J connectivity index is 1.48. The fraction of sp³-hybridized carbons (Fsp3) is 0.161. The Morgan fingerprint density at radius 2 is 1.16 bits per heavy atom. The highest BCUT2D eigenvalue weighted by molar-refractivity contribution is 5.71. The lowest BCUT2D eigenvalue weighted by Gasteiger charge is -2.35. The van der Waals surface area contributed by atoms with Gasteiger partial charge in [0.1, 0.15) is 11.5 Å². The summed E-state index contributed by atoms with van der Waals surface area (Å²) in [6.45, 7) is 0. The number of fused-ring (bicyclic) bond motifs is 1. The van der Waals surface area contributed by atoms with Crippen LogP contribution in [-0.4, -0.2) is 26.4 Å². The first kappa shape index (κ1) is 24.1. The van der Waals surface area contributed by atoms with Crippen LogP contribution in [0, 0.1) is 0 Å². The number of methoxy groups -OCH3 is 3. The lowest BCUT2D eigenvalue weighted by molar-refractivity contribution is 0.0182. The molecule has 0 amide bonds. The molecule has 0 aliphatic carbocycles. The van der Waals surface area contributed by atoms with E-state index >= 15 is 0 Å². The molecule has 0 saturated carbocycles. The average molecular weight is 497 g/mol. The lowest BCUT2D eigenvalue weighted by Crippen LogP contribution is -2.26. The summed E-state index contributed by atoms with van der Waals surface area (Å²) < 4.78 is 29.0. The number of hydrogen-bond donors (Lipinski definition) is 1. The van der Waals surface area contributed by atoms with E-state index in [0.717, 1.165) is 33.8 Å². The van der Waals surface area contributed by atoms with E-state index in [2.05, 4.69) is 0 Å². The minimum Gasteiger partial charge on any atom is -0.504 e. The summed E-state index contributed by atoms with van der Waals surface area (Å²) in [6.07, 6.45) is 3.16. The Morgan fingerprint density at radius 1 is 0.595 bits per heavy atom. The highest BCUT2D eigenvalue weighted by Gasteiger charge is 2.35. The molecule has 2 atom stereocenters. The summed E-state index contributed by atoms with van der Waals surface area (Å²) in [5.74, 6) is 3.31. The highest BCUT2D eigenvalue weighted by Crippen LogP contribution is 2.47. The fourth-order valence-corrected chi connectivity index (χ4v) is 4.27. The van der Waals surface area contributed by atoms with E-state index in [0.29, 0.717) is 17.2 Å². The van der Waals surface area contributed by atoms with Gasteiger partial charge >= 0.3 is 0 Å². The molecule has 2 unspecified atom stereocenters. The van der Waals surface area contributed by atoms with Gasteiger partial charge in [0.25, 0.3) is 0 Å². The number of aromatic hydroxyl groups is 1. The van der Waals surface area contributed by atoms with Gasteiger partial charge in [-0.2, -0.15) is 0 Å². The normalized spacial score (nSPS) is 16.4. The van der Waals surface area contributed by atoms with Crippen molar-refractivity contribution < 1.29 is 28.8 Å². The van der Waals surface area contributed by atoms with Gasteiger partial charge in [-0.15, -0.1) is 0 Å². The Morgan fingerprint density at radius 3 is 1.84 bits per heavy atom. The first-order valence-corrected chi connectivity index (χ1v) is 11.9. The lowest BCUT2D eigenvalue weighted by atomic mass is 9.96. The molecule has 1 heterocycles. The molecule has 1 N–H and O–H groups in total. The molecule has 0 saturated heterocycles. The first-order valence-electron chi connectivity index (χ1n) is 11.9. The second kappa shape index (κ2) is 10.6. The van der Waals surface area contributed by atoms with Gasteiger partial charge in [-0.25, -0.2) is 0 Å². The number of benzene rings is 4. The van der Waals surface area contributed by atoms with Gasteiger partial charge in [0.05, 0.1) is 21.3 Å². The van der Waals surface area contributed by atoms with Crippen LogP contribution < -0.4 is 23.7 Å². The van der Waals surface area contributed by atoms with Gasteiger partial charge in [0, 0.05) is 5.56 Å². The smallest absolute Gasteiger partial charge is 0.165 e. The maximum absolute atomic E-state index is 10.1. The molecular formula is C31H28O6. The molecule has 0 fully saturated rings. The van der Waals surface area contributed by atoms with Crippen molar-refractivity contribution in [3.8, 4) is 34.5 Å². The molecule has 5 rings (SSSR count). The molecule has 1 aliphatic heterocycles. The Labute approximate surface area is 216 Å². The number of ether oxygens (including phenoxy) is 5. The SMILES string of the molecule is COc1ccc(/C=C/c2ccc3c(c2)OC(c2ccc(O)c(OC)c2)C(c2ccc(OC)cc2)O3)cc1. The topological polar surface area (TPSA) is 66.4 Å². The number of rotatable bonds is 7. The summed E-state index contributed by atoms with van der Waals surface area (Å²) in [4.78, 5) is 0. The van der Waals surface area contributed by atoms with Crippen molar-refractivity contribution >= 4 is 12.2 Å². The van der Waals surface area contributed by atoms with E-state index in [1.807, 2.05) is 84.9 Å². The summed E-state index contributed by atoms with van der Waals surface area (Å²) in [5, 5.41) is 10.1. The van der Waals surface area contributed by atoms with Crippen molar-refractivity contribution in [3.05, 3.63) is 107 Å². The standard InChI is InChI=1S/C31H28O6/c1-33-24-12-6-20(7-13-24)4-5-21-8-17-27-29(18-21)37-31(23-11-16-26(32)28(19-23)35-3)30(36-27)22-9-14-25(34-2)15-10-22/h4-19,30-32H,1-3H3/b5-4+. The van der Waals surface area contributed by atoms with Gasteiger partial charge < -0.3 is 28.8 Å². The Hall–Kier alpha value is -4.58. The molecular weight excluding hydrogens is 468 g/mol. The van der Waals surface area contributed by atoms with Gasteiger partial charge in [0.2, 0.25) is 0 Å². The molecule has 37 heavy (non-hydrogen) atoms. The molecule has 0 spiro atoms. The predicted molar refractivity (Wildman–Crippen MR) is 143 cm³/mol. The predicted octanol–water partition coefficient (Wildman–Crippen LogP) is 6.84. The zero-order valence-corrected chi connectivity index (χ0v) is 20.9. The quantitative estimate of drug-likeness (QED) is 0.283. The van der Waals surface area contributed by atoms with Crippen molar-refractivity contribution in [1.29, 1.82) is 0 Å². The molecule has 188 valence electrons. The molecule has 0 radical (unpaired) electrons. The Kier molecular flexibility index (Phi) is 6.90. The monoisotopic (exact) mass is 496 g/mol. The van der Waals surface area contributed by atoms with Crippen LogP contribution in [-0.2, 0) is 0 Å². The molecule has 0 aromatic heterocycles. The third kappa shape index (κ3) is 5.19. The number of hydrogen-bond acceptors (Lipinski definition) is 6. The second-order valence-corrected chi connectivity index (χ2v) is 8.59. The van der Waals surface area contributed by atoms with Crippen LogP contribution in [0.1, 0.15) is 34.5 Å². The van der Waals surface area contributed by atoms with Crippen molar-refractivity contribution in [1.82, 2.24) is 0 Å². The van der Waals surface area contributed by atoms with E-state index < -0.39 is 12.2 Å². The van der Waals surface area contributed by atoms with Gasteiger partial charge in [-0.3, -0.25) is 0 Å². The molecule has 0 bridgehead atoms. The zero-order valence-electron chi connectivity index (χ0n) is 20.9. The van der Waals surface area contributed by atoms with Crippen LogP contribution in [0.2, 0.25) is 0 Å². The van der Waals surface area contributed by atoms with Crippen molar-refractivity contribution in [3.63, 3.8) is 0 Å². The van der Waals surface area contributed by atoms with Crippen LogP contribution in [0.5, 0.6) is 34.5 Å². The third-order valence-electron chi connectivity index (χ3n) is 6.31. The molecule has 4 aromatic rings. The van der Waals surface area contributed by atoms with Crippen molar-refractivity contribution in [2.24, 2.45) is 0 Å². The van der Waals surface area contributed by atoms with Crippen LogP contribution in [0.4, 0.5) is 0 Å². The first-order chi connectivity index (χ1) is 18.1. The molecule has 6 nitrogen and oxygen atoms in total. The molecule has 6 heteroatoms. The van der Waals surface area contributed by atoms with Crippen LogP contribution >= 0.6 is 0 Å². The van der Waals surface area contributed by atoms with Crippen LogP contribution in [0.3, 0.4) is 0 Å². The molecule has 1 aliphatic rings. The number of phenols is 1. The largest absolute Gasteiger partial charge is 0.504 e. The maximum Gasteiger partial charge on any atom is 0.165 e. The molecule has 4 aromatic carbocycles. The summed E-state index contributed by atoms with van der Waals surface area (Å²) in [6, 6.07) is 26.7. The number of phenolic OH excluding ortho intramolecular Hbond substituents is 1. The summed E-state index contributed by atoms with van der Waals surface area (Å²) >= 11 is 0.